The number of aromatic nitrogens is 2. The molecule has 3 heterocycles. The zero-order chi connectivity index (χ0) is 18.0. The molecular weight excluding hydrogens is 346 g/mol. The van der Waals surface area contributed by atoms with Crippen molar-refractivity contribution in [2.24, 2.45) is 10.2 Å². The van der Waals surface area contributed by atoms with Crippen LogP contribution in [0.2, 0.25) is 0 Å². The zero-order valence-electron chi connectivity index (χ0n) is 14.0. The first-order chi connectivity index (χ1) is 12.7. The lowest BCUT2D eigenvalue weighted by molar-refractivity contribution is 0.0947. The highest BCUT2D eigenvalue weighted by Crippen LogP contribution is 2.36. The van der Waals surface area contributed by atoms with Gasteiger partial charge < -0.3 is 10.3 Å². The second kappa shape index (κ2) is 6.73. The first-order valence-electron chi connectivity index (χ1n) is 8.37. The van der Waals surface area contributed by atoms with E-state index in [0.717, 1.165) is 28.5 Å². The number of amides is 1. The van der Waals surface area contributed by atoms with Crippen LogP contribution in [0.15, 0.2) is 46.1 Å². The molecule has 6 nitrogen and oxygen atoms in total. The van der Waals surface area contributed by atoms with Gasteiger partial charge in [0.25, 0.3) is 5.91 Å². The van der Waals surface area contributed by atoms with E-state index in [2.05, 4.69) is 30.8 Å². The smallest absolute Gasteiger partial charge is 0.267 e. The Labute approximate surface area is 154 Å². The van der Waals surface area contributed by atoms with E-state index in [9.17, 15) is 4.79 Å². The fourth-order valence-electron chi connectivity index (χ4n) is 2.92. The number of hydrogen-bond donors (Lipinski definition) is 2. The standard InChI is InChI=1S/C19H17N5OS/c1-2-3-6-19(23-24-19)7-8-20-18(25)17-10-14-5-4-13(9-16(14)22-17)15-11-21-26-12-15/h1,4-5,9-12,22H,3,6-8H2,(H,20,25). The van der Waals surface area contributed by atoms with Gasteiger partial charge in [-0.05, 0) is 29.2 Å². The Morgan fingerprint density at radius 1 is 1.27 bits per heavy atom. The number of carbonyl (C=O) groups is 1. The highest BCUT2D eigenvalue weighted by molar-refractivity contribution is 7.03. The van der Waals surface area contributed by atoms with E-state index < -0.39 is 0 Å². The summed E-state index contributed by atoms with van der Waals surface area (Å²) in [5.74, 6) is 2.47. The Morgan fingerprint density at radius 2 is 2.15 bits per heavy atom. The summed E-state index contributed by atoms with van der Waals surface area (Å²) in [6, 6.07) is 7.94. The van der Waals surface area contributed by atoms with Crippen LogP contribution in [0.1, 0.15) is 29.8 Å². The van der Waals surface area contributed by atoms with E-state index in [4.69, 9.17) is 6.42 Å². The van der Waals surface area contributed by atoms with E-state index >= 15 is 0 Å². The first kappa shape index (κ1) is 16.5. The van der Waals surface area contributed by atoms with Crippen molar-refractivity contribution in [3.63, 3.8) is 0 Å². The van der Waals surface area contributed by atoms with Crippen LogP contribution in [0.3, 0.4) is 0 Å². The molecule has 2 N–H and O–H groups in total. The van der Waals surface area contributed by atoms with Gasteiger partial charge in [0.05, 0.1) is 0 Å². The molecule has 0 radical (unpaired) electrons. The number of H-pyrrole nitrogens is 1. The van der Waals surface area contributed by atoms with Gasteiger partial charge >= 0.3 is 0 Å². The summed E-state index contributed by atoms with van der Waals surface area (Å²) < 4.78 is 4.13. The van der Waals surface area contributed by atoms with Crippen LogP contribution < -0.4 is 5.32 Å². The monoisotopic (exact) mass is 363 g/mol. The van der Waals surface area contributed by atoms with Gasteiger partial charge in [0.15, 0.2) is 5.66 Å². The first-order valence-corrected chi connectivity index (χ1v) is 9.21. The van der Waals surface area contributed by atoms with E-state index in [1.54, 1.807) is 0 Å². The molecule has 1 aromatic carbocycles. The van der Waals surface area contributed by atoms with E-state index in [1.165, 1.54) is 11.5 Å². The molecule has 3 aromatic rings. The number of terminal acetylenes is 1. The van der Waals surface area contributed by atoms with Crippen LogP contribution in [-0.4, -0.2) is 27.5 Å². The molecule has 0 fully saturated rings. The second-order valence-corrected chi connectivity index (χ2v) is 6.95. The summed E-state index contributed by atoms with van der Waals surface area (Å²) in [5.41, 5.74) is 3.25. The number of rotatable bonds is 7. The molecule has 130 valence electrons. The highest BCUT2D eigenvalue weighted by atomic mass is 32.1. The van der Waals surface area contributed by atoms with Crippen LogP contribution in [-0.2, 0) is 0 Å². The molecule has 0 bridgehead atoms. The largest absolute Gasteiger partial charge is 0.351 e. The fraction of sp³-hybridized carbons (Fsp3) is 0.263. The number of fused-ring (bicyclic) bond motifs is 1. The molecule has 1 amide bonds. The van der Waals surface area contributed by atoms with Crippen molar-refractivity contribution in [1.29, 1.82) is 0 Å². The summed E-state index contributed by atoms with van der Waals surface area (Å²) in [7, 11) is 0. The number of aromatic amines is 1. The van der Waals surface area contributed by atoms with E-state index in [-0.39, 0.29) is 11.6 Å². The third-order valence-corrected chi connectivity index (χ3v) is 5.08. The number of carbonyl (C=O) groups excluding carboxylic acids is 1. The average molecular weight is 363 g/mol. The molecule has 1 aliphatic heterocycles. The fourth-order valence-corrected chi connectivity index (χ4v) is 3.46. The Morgan fingerprint density at radius 3 is 2.88 bits per heavy atom. The molecule has 0 saturated heterocycles. The predicted octanol–water partition coefficient (Wildman–Crippen LogP) is 3.99. The third-order valence-electron chi connectivity index (χ3n) is 4.50. The Balaban J connectivity index is 1.40. The molecule has 26 heavy (non-hydrogen) atoms. The quantitative estimate of drug-likeness (QED) is 0.622. The van der Waals surface area contributed by atoms with Crippen LogP contribution in [0.5, 0.6) is 0 Å². The summed E-state index contributed by atoms with van der Waals surface area (Å²) >= 11 is 1.42. The second-order valence-electron chi connectivity index (χ2n) is 6.29. The minimum atomic E-state index is -0.371. The predicted molar refractivity (Wildman–Crippen MR) is 102 cm³/mol. The Hall–Kier alpha value is -2.98. The molecule has 0 atom stereocenters. The maximum atomic E-state index is 12.4. The SMILES string of the molecule is C#CCCC1(CCNC(=O)c2cc3ccc(-c4cnsc4)cc3[nH]2)N=N1. The summed E-state index contributed by atoms with van der Waals surface area (Å²) in [5, 5.41) is 14.1. The zero-order valence-corrected chi connectivity index (χ0v) is 14.8. The van der Waals surface area contributed by atoms with Crippen molar-refractivity contribution in [2.75, 3.05) is 6.54 Å². The van der Waals surface area contributed by atoms with E-state index in [1.807, 2.05) is 35.8 Å². The Kier molecular flexibility index (Phi) is 4.27. The topological polar surface area (TPSA) is 82.5 Å². The van der Waals surface area contributed by atoms with Crippen molar-refractivity contribution in [1.82, 2.24) is 14.7 Å². The van der Waals surface area contributed by atoms with Crippen LogP contribution >= 0.6 is 11.5 Å². The molecule has 1 aliphatic rings. The van der Waals surface area contributed by atoms with Gasteiger partial charge in [-0.1, -0.05) is 12.1 Å². The summed E-state index contributed by atoms with van der Waals surface area (Å²) in [6.07, 6.45) is 9.19. The Bertz CT molecular complexity index is 1010. The normalized spacial score (nSPS) is 14.3. The maximum Gasteiger partial charge on any atom is 0.267 e. The van der Waals surface area contributed by atoms with Gasteiger partial charge in [0.2, 0.25) is 0 Å². The average Bonchev–Trinajstić information content (AvgIpc) is 3.06. The lowest BCUT2D eigenvalue weighted by atomic mass is 10.0. The molecule has 0 spiro atoms. The molecular formula is C19H17N5OS. The molecule has 0 aliphatic carbocycles. The van der Waals surface area contributed by atoms with Crippen molar-refractivity contribution in [3.05, 3.63) is 41.5 Å². The van der Waals surface area contributed by atoms with Gasteiger partial charge in [0, 0.05) is 53.9 Å². The molecule has 0 unspecified atom stereocenters. The number of benzene rings is 1. The van der Waals surface area contributed by atoms with Gasteiger partial charge in [-0.15, -0.1) is 12.3 Å². The van der Waals surface area contributed by atoms with Crippen LogP contribution in [0, 0.1) is 12.3 Å². The van der Waals surface area contributed by atoms with Crippen molar-refractivity contribution >= 4 is 28.3 Å². The summed E-state index contributed by atoms with van der Waals surface area (Å²) in [4.78, 5) is 15.6. The third kappa shape index (κ3) is 3.37. The summed E-state index contributed by atoms with van der Waals surface area (Å²) in [6.45, 7) is 0.512. The lowest BCUT2D eigenvalue weighted by Crippen LogP contribution is -2.28. The maximum absolute atomic E-state index is 12.4. The van der Waals surface area contributed by atoms with Gasteiger partial charge in [-0.3, -0.25) is 4.79 Å². The minimum Gasteiger partial charge on any atom is -0.351 e. The van der Waals surface area contributed by atoms with E-state index in [0.29, 0.717) is 25.1 Å². The molecule has 0 saturated carbocycles. The van der Waals surface area contributed by atoms with Crippen LogP contribution in [0.4, 0.5) is 0 Å². The van der Waals surface area contributed by atoms with Gasteiger partial charge in [0.1, 0.15) is 5.69 Å². The molecule has 7 heteroatoms. The van der Waals surface area contributed by atoms with Gasteiger partial charge in [-0.25, -0.2) is 4.37 Å². The molecule has 4 rings (SSSR count). The molecule has 2 aromatic heterocycles. The number of nitrogens with zero attached hydrogens (tertiary/aromatic N) is 3. The van der Waals surface area contributed by atoms with Crippen molar-refractivity contribution < 1.29 is 4.79 Å². The lowest BCUT2D eigenvalue weighted by Gasteiger charge is -2.09. The number of hydrogen-bond acceptors (Lipinski definition) is 5. The number of nitrogens with one attached hydrogen (secondary N) is 2. The van der Waals surface area contributed by atoms with Gasteiger partial charge in [-0.2, -0.15) is 10.2 Å². The van der Waals surface area contributed by atoms with Crippen LogP contribution in [0.25, 0.3) is 22.0 Å². The minimum absolute atomic E-state index is 0.132. The highest BCUT2D eigenvalue weighted by Gasteiger charge is 2.38. The van der Waals surface area contributed by atoms with Crippen molar-refractivity contribution in [2.45, 2.75) is 24.9 Å². The van der Waals surface area contributed by atoms with Crippen molar-refractivity contribution in [3.8, 4) is 23.5 Å².